The van der Waals surface area contributed by atoms with Crippen LogP contribution in [-0.4, -0.2) is 36.3 Å². The van der Waals surface area contributed by atoms with Gasteiger partial charge in [0.05, 0.1) is 5.69 Å². The lowest BCUT2D eigenvalue weighted by molar-refractivity contribution is 0.464. The first-order valence-electron chi connectivity index (χ1n) is 6.60. The van der Waals surface area contributed by atoms with Gasteiger partial charge in [0.15, 0.2) is 5.03 Å². The Hall–Kier alpha value is -1.99. The van der Waals surface area contributed by atoms with E-state index in [-0.39, 0.29) is 11.6 Å². The number of rotatable bonds is 6. The van der Waals surface area contributed by atoms with Gasteiger partial charge in [0, 0.05) is 38.7 Å². The molecule has 0 saturated heterocycles. The largest absolute Gasteiger partial charge is 0.383 e. The van der Waals surface area contributed by atoms with E-state index in [0.29, 0.717) is 12.2 Å². The van der Waals surface area contributed by atoms with Gasteiger partial charge in [0.25, 0.3) is 10.0 Å². The van der Waals surface area contributed by atoms with Gasteiger partial charge in [-0.3, -0.25) is 4.98 Å². The predicted octanol–water partition coefficient (Wildman–Crippen LogP) is 1.73. The van der Waals surface area contributed by atoms with Crippen LogP contribution >= 0.6 is 0 Å². The Morgan fingerprint density at radius 2 is 1.90 bits per heavy atom. The van der Waals surface area contributed by atoms with E-state index in [4.69, 9.17) is 0 Å². The lowest BCUT2D eigenvalue weighted by atomic mass is 10.3. The quantitative estimate of drug-likeness (QED) is 0.879. The molecule has 1 N–H and O–H groups in total. The summed E-state index contributed by atoms with van der Waals surface area (Å²) in [4.78, 5) is 7.95. The van der Waals surface area contributed by atoms with Crippen molar-refractivity contribution in [2.45, 2.75) is 18.5 Å². The summed E-state index contributed by atoms with van der Waals surface area (Å²) in [5, 5.41) is 3.07. The molecule has 0 amide bonds. The zero-order valence-corrected chi connectivity index (χ0v) is 12.8. The minimum absolute atomic E-state index is 0.0448. The lowest BCUT2D eigenvalue weighted by Gasteiger charge is -2.18. The van der Waals surface area contributed by atoms with E-state index in [2.05, 4.69) is 15.3 Å². The zero-order valence-electron chi connectivity index (χ0n) is 12.0. The van der Waals surface area contributed by atoms with Crippen LogP contribution < -0.4 is 5.32 Å². The minimum Gasteiger partial charge on any atom is -0.383 e. The molecule has 0 spiro atoms. The first-order valence-corrected chi connectivity index (χ1v) is 8.04. The van der Waals surface area contributed by atoms with Gasteiger partial charge >= 0.3 is 0 Å². The number of pyridine rings is 2. The molecule has 0 fully saturated rings. The maximum Gasteiger partial charge on any atom is 0.262 e. The van der Waals surface area contributed by atoms with E-state index in [1.807, 2.05) is 6.92 Å². The standard InChI is InChI=1S/C14H18N4O2S/c1-3-16-13-5-4-8-17-14(13)21(19,20)18(2)11-12-6-9-15-10-7-12/h4-10,16H,3,11H2,1-2H3. The van der Waals surface area contributed by atoms with Crippen molar-refractivity contribution in [3.8, 4) is 0 Å². The third-order valence-corrected chi connectivity index (χ3v) is 4.71. The molecule has 2 rings (SSSR count). The fourth-order valence-electron chi connectivity index (χ4n) is 1.90. The second kappa shape index (κ2) is 6.64. The molecule has 6 nitrogen and oxygen atoms in total. The third kappa shape index (κ3) is 3.56. The molecular formula is C14H18N4O2S. The predicted molar refractivity (Wildman–Crippen MR) is 81.3 cm³/mol. The van der Waals surface area contributed by atoms with Gasteiger partial charge in [-0.05, 0) is 36.8 Å². The Kier molecular flexibility index (Phi) is 4.87. The van der Waals surface area contributed by atoms with Gasteiger partial charge in [0.2, 0.25) is 0 Å². The lowest BCUT2D eigenvalue weighted by Crippen LogP contribution is -2.28. The van der Waals surface area contributed by atoms with Crippen LogP contribution in [0.5, 0.6) is 0 Å². The summed E-state index contributed by atoms with van der Waals surface area (Å²) in [6.45, 7) is 2.80. The molecule has 0 radical (unpaired) electrons. The average Bonchev–Trinajstić information content (AvgIpc) is 2.49. The summed E-state index contributed by atoms with van der Waals surface area (Å²) >= 11 is 0. The van der Waals surface area contributed by atoms with E-state index in [9.17, 15) is 8.42 Å². The minimum atomic E-state index is -3.65. The van der Waals surface area contributed by atoms with Crippen LogP contribution in [0.3, 0.4) is 0 Å². The molecule has 2 aromatic heterocycles. The van der Waals surface area contributed by atoms with Crippen molar-refractivity contribution in [1.29, 1.82) is 0 Å². The SMILES string of the molecule is CCNc1cccnc1S(=O)(=O)N(C)Cc1ccncc1. The molecule has 0 aromatic carbocycles. The maximum absolute atomic E-state index is 12.6. The van der Waals surface area contributed by atoms with E-state index >= 15 is 0 Å². The monoisotopic (exact) mass is 306 g/mol. The van der Waals surface area contributed by atoms with Crippen LogP contribution in [0.2, 0.25) is 0 Å². The fraction of sp³-hybridized carbons (Fsp3) is 0.286. The normalized spacial score (nSPS) is 11.6. The molecule has 0 bridgehead atoms. The smallest absolute Gasteiger partial charge is 0.262 e. The molecule has 0 aliphatic rings. The highest BCUT2D eigenvalue weighted by Gasteiger charge is 2.25. The van der Waals surface area contributed by atoms with Crippen molar-refractivity contribution in [3.05, 3.63) is 48.4 Å². The molecule has 2 aromatic rings. The van der Waals surface area contributed by atoms with Gasteiger partial charge in [0.1, 0.15) is 0 Å². The maximum atomic E-state index is 12.6. The molecular weight excluding hydrogens is 288 g/mol. The first kappa shape index (κ1) is 15.4. The van der Waals surface area contributed by atoms with Gasteiger partial charge in [-0.25, -0.2) is 13.4 Å². The number of hydrogen-bond donors (Lipinski definition) is 1. The first-order chi connectivity index (χ1) is 10.1. The van der Waals surface area contributed by atoms with Crippen LogP contribution in [0, 0.1) is 0 Å². The van der Waals surface area contributed by atoms with Crippen molar-refractivity contribution in [2.75, 3.05) is 18.9 Å². The van der Waals surface area contributed by atoms with Gasteiger partial charge < -0.3 is 5.32 Å². The van der Waals surface area contributed by atoms with Crippen molar-refractivity contribution in [2.24, 2.45) is 0 Å². The summed E-state index contributed by atoms with van der Waals surface area (Å²) < 4.78 is 26.6. The topological polar surface area (TPSA) is 75.2 Å². The number of anilines is 1. The summed E-state index contributed by atoms with van der Waals surface area (Å²) in [7, 11) is -2.11. The molecule has 0 aliphatic carbocycles. The Morgan fingerprint density at radius 1 is 1.19 bits per heavy atom. The number of aromatic nitrogens is 2. The van der Waals surface area contributed by atoms with Crippen molar-refractivity contribution < 1.29 is 8.42 Å². The van der Waals surface area contributed by atoms with E-state index in [0.717, 1.165) is 5.56 Å². The van der Waals surface area contributed by atoms with E-state index in [1.165, 1.54) is 10.5 Å². The number of hydrogen-bond acceptors (Lipinski definition) is 5. The summed E-state index contributed by atoms with van der Waals surface area (Å²) in [5.74, 6) is 0. The number of sulfonamides is 1. The Bertz CT molecular complexity index is 689. The van der Waals surface area contributed by atoms with Crippen LogP contribution in [0.15, 0.2) is 47.9 Å². The molecule has 7 heteroatoms. The van der Waals surface area contributed by atoms with Crippen LogP contribution in [-0.2, 0) is 16.6 Å². The fourth-order valence-corrected chi connectivity index (χ4v) is 3.13. The third-order valence-electron chi connectivity index (χ3n) is 2.95. The molecule has 0 saturated carbocycles. The van der Waals surface area contributed by atoms with E-state index < -0.39 is 10.0 Å². The Balaban J connectivity index is 2.29. The highest BCUT2D eigenvalue weighted by atomic mass is 32.2. The van der Waals surface area contributed by atoms with Gasteiger partial charge in [-0.15, -0.1) is 0 Å². The van der Waals surface area contributed by atoms with Gasteiger partial charge in [-0.2, -0.15) is 4.31 Å². The highest BCUT2D eigenvalue weighted by molar-refractivity contribution is 7.89. The van der Waals surface area contributed by atoms with E-state index in [1.54, 1.807) is 43.7 Å². The molecule has 112 valence electrons. The average molecular weight is 306 g/mol. The molecule has 21 heavy (non-hydrogen) atoms. The zero-order chi connectivity index (χ0) is 15.3. The molecule has 0 atom stereocenters. The summed E-state index contributed by atoms with van der Waals surface area (Å²) in [6, 6.07) is 6.99. The molecule has 2 heterocycles. The second-order valence-electron chi connectivity index (χ2n) is 4.50. The summed E-state index contributed by atoms with van der Waals surface area (Å²) in [6.07, 6.45) is 4.76. The van der Waals surface area contributed by atoms with Crippen LogP contribution in [0.1, 0.15) is 12.5 Å². The Morgan fingerprint density at radius 3 is 2.57 bits per heavy atom. The van der Waals surface area contributed by atoms with Crippen molar-refractivity contribution in [1.82, 2.24) is 14.3 Å². The van der Waals surface area contributed by atoms with Crippen LogP contribution in [0.25, 0.3) is 0 Å². The van der Waals surface area contributed by atoms with Crippen molar-refractivity contribution >= 4 is 15.7 Å². The summed E-state index contributed by atoms with van der Waals surface area (Å²) in [5.41, 5.74) is 1.39. The number of nitrogens with one attached hydrogen (secondary N) is 1. The molecule has 0 aliphatic heterocycles. The molecule has 0 unspecified atom stereocenters. The van der Waals surface area contributed by atoms with Crippen molar-refractivity contribution in [3.63, 3.8) is 0 Å². The highest BCUT2D eigenvalue weighted by Crippen LogP contribution is 2.22. The van der Waals surface area contributed by atoms with Gasteiger partial charge in [-0.1, -0.05) is 0 Å². The second-order valence-corrected chi connectivity index (χ2v) is 6.46. The Labute approximate surface area is 124 Å². The van der Waals surface area contributed by atoms with Crippen LogP contribution in [0.4, 0.5) is 5.69 Å². The number of nitrogens with zero attached hydrogens (tertiary/aromatic N) is 3.